The minimum atomic E-state index is -3.84. The molecule has 6 heteroatoms. The highest BCUT2D eigenvalue weighted by Crippen LogP contribution is 2.21. The molecule has 0 aliphatic rings. The van der Waals surface area contributed by atoms with Crippen molar-refractivity contribution >= 4 is 30.6 Å². The van der Waals surface area contributed by atoms with E-state index in [-0.39, 0.29) is 15.8 Å². The second-order valence-corrected chi connectivity index (χ2v) is 5.49. The number of pyridine rings is 1. The molecule has 0 aliphatic carbocycles. The highest BCUT2D eigenvalue weighted by atomic mass is 35.7. The molecule has 0 saturated heterocycles. The number of halogens is 1. The van der Waals surface area contributed by atoms with Crippen LogP contribution in [0.1, 0.15) is 0 Å². The number of para-hydroxylation sites is 1. The van der Waals surface area contributed by atoms with Crippen molar-refractivity contribution in [2.75, 3.05) is 0 Å². The van der Waals surface area contributed by atoms with Gasteiger partial charge in [-0.2, -0.15) is 0 Å². The number of fused-ring (bicyclic) bond motifs is 1. The van der Waals surface area contributed by atoms with Gasteiger partial charge in [-0.05, 0) is 12.1 Å². The summed E-state index contributed by atoms with van der Waals surface area (Å²) in [5, 5.41) is 0.305. The molecule has 4 nitrogen and oxygen atoms in total. The highest BCUT2D eigenvalue weighted by Gasteiger charge is 2.14. The van der Waals surface area contributed by atoms with Crippen molar-refractivity contribution < 1.29 is 8.42 Å². The van der Waals surface area contributed by atoms with Crippen LogP contribution in [0.2, 0.25) is 0 Å². The molecule has 0 atom stereocenters. The van der Waals surface area contributed by atoms with Crippen molar-refractivity contribution in [3.8, 4) is 0 Å². The van der Waals surface area contributed by atoms with Crippen LogP contribution in [-0.2, 0) is 9.05 Å². The van der Waals surface area contributed by atoms with Crippen molar-refractivity contribution in [3.63, 3.8) is 0 Å². The molecule has 1 aromatic heterocycles. The van der Waals surface area contributed by atoms with Gasteiger partial charge in [0, 0.05) is 28.3 Å². The molecule has 15 heavy (non-hydrogen) atoms. The molecule has 2 rings (SSSR count). The number of benzene rings is 1. The first-order valence-electron chi connectivity index (χ1n) is 4.05. The van der Waals surface area contributed by atoms with Crippen LogP contribution in [-0.4, -0.2) is 13.4 Å². The van der Waals surface area contributed by atoms with E-state index in [0.29, 0.717) is 5.39 Å². The Morgan fingerprint density at radius 3 is 2.60 bits per heavy atom. The molecule has 78 valence electrons. The minimum Gasteiger partial charge on any atom is -0.360 e. The third kappa shape index (κ3) is 1.75. The SMILES string of the molecule is O=c1cc[nH]c2c(S(=O)(=O)Cl)cccc12. The summed E-state index contributed by atoms with van der Waals surface area (Å²) in [4.78, 5) is 14.0. The maximum atomic E-state index is 11.4. The van der Waals surface area contributed by atoms with Crippen molar-refractivity contribution in [1.82, 2.24) is 4.98 Å². The van der Waals surface area contributed by atoms with E-state index < -0.39 is 9.05 Å². The van der Waals surface area contributed by atoms with Crippen LogP contribution in [0.25, 0.3) is 10.9 Å². The number of aromatic amines is 1. The Labute approximate surface area is 89.9 Å². The average molecular weight is 244 g/mol. The van der Waals surface area contributed by atoms with Gasteiger partial charge in [0.25, 0.3) is 9.05 Å². The molecule has 0 aliphatic heterocycles. The van der Waals surface area contributed by atoms with Gasteiger partial charge in [0.1, 0.15) is 4.90 Å². The lowest BCUT2D eigenvalue weighted by molar-refractivity contribution is 0.610. The average Bonchev–Trinajstić information content (AvgIpc) is 2.16. The van der Waals surface area contributed by atoms with Gasteiger partial charge in [-0.25, -0.2) is 8.42 Å². The Balaban J connectivity index is 3.02. The van der Waals surface area contributed by atoms with E-state index in [1.165, 1.54) is 24.4 Å². The van der Waals surface area contributed by atoms with Gasteiger partial charge in [-0.3, -0.25) is 4.79 Å². The van der Waals surface area contributed by atoms with E-state index in [0.717, 1.165) is 0 Å². The number of rotatable bonds is 1. The molecule has 0 fully saturated rings. The van der Waals surface area contributed by atoms with Gasteiger partial charge in [-0.1, -0.05) is 6.07 Å². The third-order valence-corrected chi connectivity index (χ3v) is 3.38. The highest BCUT2D eigenvalue weighted by molar-refractivity contribution is 8.14. The lowest BCUT2D eigenvalue weighted by Gasteiger charge is -2.01. The van der Waals surface area contributed by atoms with Gasteiger partial charge >= 0.3 is 0 Å². The monoisotopic (exact) mass is 243 g/mol. The summed E-state index contributed by atoms with van der Waals surface area (Å²) in [5.41, 5.74) is -0.00841. The molecule has 0 spiro atoms. The number of H-pyrrole nitrogens is 1. The predicted molar refractivity (Wildman–Crippen MR) is 57.6 cm³/mol. The minimum absolute atomic E-state index is 0.0839. The molecule has 0 radical (unpaired) electrons. The number of hydrogen-bond donors (Lipinski definition) is 1. The Hall–Kier alpha value is -1.33. The first-order chi connectivity index (χ1) is 7.00. The molecule has 0 amide bonds. The molecule has 0 saturated carbocycles. The fraction of sp³-hybridized carbons (Fsp3) is 0. The zero-order chi connectivity index (χ0) is 11.1. The molecule has 0 unspecified atom stereocenters. The Morgan fingerprint density at radius 1 is 1.20 bits per heavy atom. The molecule has 1 heterocycles. The van der Waals surface area contributed by atoms with Crippen molar-refractivity contribution in [1.29, 1.82) is 0 Å². The lowest BCUT2D eigenvalue weighted by atomic mass is 10.2. The van der Waals surface area contributed by atoms with Crippen LogP contribution in [0.3, 0.4) is 0 Å². The summed E-state index contributed by atoms with van der Waals surface area (Å²) < 4.78 is 22.4. The zero-order valence-corrected chi connectivity index (χ0v) is 8.97. The lowest BCUT2D eigenvalue weighted by Crippen LogP contribution is -2.03. The number of aromatic nitrogens is 1. The number of hydrogen-bond acceptors (Lipinski definition) is 3. The maximum Gasteiger partial charge on any atom is 0.263 e. The molecular formula is C9H6ClNO3S. The smallest absolute Gasteiger partial charge is 0.263 e. The second kappa shape index (κ2) is 3.36. The summed E-state index contributed by atoms with van der Waals surface area (Å²) in [6.45, 7) is 0. The zero-order valence-electron chi connectivity index (χ0n) is 7.40. The van der Waals surface area contributed by atoms with Gasteiger partial charge in [0.05, 0.1) is 5.52 Å². The van der Waals surface area contributed by atoms with E-state index in [2.05, 4.69) is 4.98 Å². The third-order valence-electron chi connectivity index (χ3n) is 2.02. The summed E-state index contributed by atoms with van der Waals surface area (Å²) >= 11 is 0. The topological polar surface area (TPSA) is 67.0 Å². The van der Waals surface area contributed by atoms with Crippen molar-refractivity contribution in [2.24, 2.45) is 0 Å². The maximum absolute atomic E-state index is 11.4. The van der Waals surface area contributed by atoms with Gasteiger partial charge < -0.3 is 4.98 Å². The molecular weight excluding hydrogens is 238 g/mol. The van der Waals surface area contributed by atoms with Gasteiger partial charge in [0.15, 0.2) is 5.43 Å². The largest absolute Gasteiger partial charge is 0.360 e. The quantitative estimate of drug-likeness (QED) is 0.771. The van der Waals surface area contributed by atoms with Gasteiger partial charge in [0.2, 0.25) is 0 Å². The Morgan fingerprint density at radius 2 is 1.93 bits per heavy atom. The first kappa shape index (κ1) is 10.2. The summed E-state index contributed by atoms with van der Waals surface area (Å²) in [5.74, 6) is 0. The van der Waals surface area contributed by atoms with Crippen LogP contribution < -0.4 is 5.43 Å². The van der Waals surface area contributed by atoms with Crippen LogP contribution in [0.15, 0.2) is 40.2 Å². The Bertz CT molecular complexity index is 675. The second-order valence-electron chi connectivity index (χ2n) is 2.96. The van der Waals surface area contributed by atoms with E-state index in [9.17, 15) is 13.2 Å². The van der Waals surface area contributed by atoms with Crippen LogP contribution in [0, 0.1) is 0 Å². The molecule has 2 aromatic rings. The fourth-order valence-corrected chi connectivity index (χ4v) is 2.42. The predicted octanol–water partition coefficient (Wildman–Crippen LogP) is 1.46. The standard InChI is InChI=1S/C9H6ClNO3S/c10-15(13,14)8-3-1-2-6-7(12)4-5-11-9(6)8/h1-5H,(H,11,12). The molecule has 1 N–H and O–H groups in total. The van der Waals surface area contributed by atoms with Crippen LogP contribution in [0.4, 0.5) is 0 Å². The van der Waals surface area contributed by atoms with E-state index in [1.807, 2.05) is 0 Å². The summed E-state index contributed by atoms with van der Waals surface area (Å²) in [6, 6.07) is 5.69. The van der Waals surface area contributed by atoms with E-state index in [4.69, 9.17) is 10.7 Å². The van der Waals surface area contributed by atoms with Crippen molar-refractivity contribution in [3.05, 3.63) is 40.7 Å². The Kier molecular flexibility index (Phi) is 2.28. The molecule has 0 bridgehead atoms. The fourth-order valence-electron chi connectivity index (χ4n) is 1.38. The molecule has 1 aromatic carbocycles. The first-order valence-corrected chi connectivity index (χ1v) is 6.36. The van der Waals surface area contributed by atoms with Gasteiger partial charge in [-0.15, -0.1) is 0 Å². The van der Waals surface area contributed by atoms with Crippen LogP contribution in [0.5, 0.6) is 0 Å². The van der Waals surface area contributed by atoms with E-state index >= 15 is 0 Å². The summed E-state index contributed by atoms with van der Waals surface area (Å²) in [6.07, 6.45) is 1.39. The normalized spacial score (nSPS) is 11.8. The van der Waals surface area contributed by atoms with E-state index in [1.54, 1.807) is 6.07 Å². The van der Waals surface area contributed by atoms with Crippen molar-refractivity contribution in [2.45, 2.75) is 4.90 Å². The number of nitrogens with one attached hydrogen (secondary N) is 1. The van der Waals surface area contributed by atoms with Crippen LogP contribution >= 0.6 is 10.7 Å². The summed E-state index contributed by atoms with van der Waals surface area (Å²) in [7, 11) is 1.40.